The first-order valence-corrected chi connectivity index (χ1v) is 10.8. The zero-order chi connectivity index (χ0) is 21.4. The third kappa shape index (κ3) is 3.73. The Labute approximate surface area is 175 Å². The fourth-order valence-corrected chi connectivity index (χ4v) is 4.70. The second kappa shape index (κ2) is 8.20. The average Bonchev–Trinajstić information content (AvgIpc) is 3.37. The van der Waals surface area contributed by atoms with Gasteiger partial charge in [-0.05, 0) is 39.5 Å². The van der Waals surface area contributed by atoms with Crippen LogP contribution in [0.3, 0.4) is 0 Å². The molecular weight excluding hydrogens is 384 g/mol. The highest BCUT2D eigenvalue weighted by molar-refractivity contribution is 5.76. The minimum absolute atomic E-state index is 0.00793. The Bertz CT molecular complexity index is 1050. The molecule has 2 aromatic rings. The lowest BCUT2D eigenvalue weighted by Crippen LogP contribution is -2.42. The second-order valence-corrected chi connectivity index (χ2v) is 8.62. The molecule has 0 N–H and O–H groups in total. The van der Waals surface area contributed by atoms with Crippen molar-refractivity contribution in [3.8, 4) is 0 Å². The first-order valence-electron chi connectivity index (χ1n) is 10.8. The van der Waals surface area contributed by atoms with Gasteiger partial charge in [-0.1, -0.05) is 12.8 Å². The molecule has 0 radical (unpaired) electrons. The van der Waals surface area contributed by atoms with Crippen LogP contribution in [0.4, 0.5) is 0 Å². The molecule has 2 aliphatic rings. The van der Waals surface area contributed by atoms with Gasteiger partial charge in [-0.2, -0.15) is 5.10 Å². The van der Waals surface area contributed by atoms with Gasteiger partial charge in [0.2, 0.25) is 5.91 Å². The molecule has 1 saturated carbocycles. The van der Waals surface area contributed by atoms with Gasteiger partial charge in [-0.15, -0.1) is 0 Å². The van der Waals surface area contributed by atoms with Gasteiger partial charge in [0.1, 0.15) is 12.4 Å². The Balaban J connectivity index is 1.44. The number of hydrogen-bond acceptors (Lipinski definition) is 5. The van der Waals surface area contributed by atoms with E-state index in [1.807, 2.05) is 4.57 Å². The monoisotopic (exact) mass is 414 g/mol. The number of carbonyl (C=O) groups is 1. The Hall–Kier alpha value is -2.71. The zero-order valence-corrected chi connectivity index (χ0v) is 18.0. The van der Waals surface area contributed by atoms with E-state index in [2.05, 4.69) is 10.1 Å². The number of rotatable bonds is 4. The molecule has 1 amide bonds. The van der Waals surface area contributed by atoms with Crippen molar-refractivity contribution in [1.29, 1.82) is 0 Å². The lowest BCUT2D eigenvalue weighted by atomic mass is 9.95. The Morgan fingerprint density at radius 1 is 1.10 bits per heavy atom. The summed E-state index contributed by atoms with van der Waals surface area (Å²) in [5, 5.41) is 4.56. The largest absolute Gasteiger partial charge is 0.345 e. The molecule has 0 bridgehead atoms. The molecular formula is C21H30N6O3. The van der Waals surface area contributed by atoms with E-state index in [1.165, 1.54) is 15.6 Å². The van der Waals surface area contributed by atoms with E-state index in [0.717, 1.165) is 44.3 Å². The summed E-state index contributed by atoms with van der Waals surface area (Å²) in [6.07, 6.45) is 7.38. The number of aromatic nitrogens is 5. The van der Waals surface area contributed by atoms with Gasteiger partial charge in [0, 0.05) is 43.4 Å². The molecule has 4 rings (SSSR count). The molecule has 0 aromatic carbocycles. The summed E-state index contributed by atoms with van der Waals surface area (Å²) in [7, 11) is 1.71. The van der Waals surface area contributed by atoms with Crippen molar-refractivity contribution in [2.45, 2.75) is 70.9 Å². The molecule has 0 spiro atoms. The van der Waals surface area contributed by atoms with Crippen LogP contribution in [-0.4, -0.2) is 47.8 Å². The summed E-state index contributed by atoms with van der Waals surface area (Å²) in [6.45, 7) is 4.73. The molecule has 1 aliphatic carbocycles. The van der Waals surface area contributed by atoms with Crippen LogP contribution in [0.5, 0.6) is 0 Å². The minimum atomic E-state index is -0.167. The van der Waals surface area contributed by atoms with Crippen molar-refractivity contribution in [3.63, 3.8) is 0 Å². The number of nitrogens with zero attached hydrogens (tertiary/aromatic N) is 6. The van der Waals surface area contributed by atoms with Gasteiger partial charge in [0.05, 0.1) is 6.33 Å². The Kier molecular flexibility index (Phi) is 5.62. The molecule has 3 heterocycles. The summed E-state index contributed by atoms with van der Waals surface area (Å²) in [5.74, 6) is 0.973. The highest BCUT2D eigenvalue weighted by Gasteiger charge is 2.31. The smallest absolute Gasteiger partial charge is 0.341 e. The highest BCUT2D eigenvalue weighted by Crippen LogP contribution is 2.33. The molecule has 1 saturated heterocycles. The first-order chi connectivity index (χ1) is 14.4. The van der Waals surface area contributed by atoms with Crippen LogP contribution in [0.2, 0.25) is 0 Å². The summed E-state index contributed by atoms with van der Waals surface area (Å²) in [5.41, 5.74) is 1.06. The predicted octanol–water partition coefficient (Wildman–Crippen LogP) is 1.28. The minimum Gasteiger partial charge on any atom is -0.341 e. The Morgan fingerprint density at radius 3 is 2.43 bits per heavy atom. The molecule has 1 aliphatic heterocycles. The van der Waals surface area contributed by atoms with Crippen LogP contribution in [0, 0.1) is 13.8 Å². The van der Waals surface area contributed by atoms with Gasteiger partial charge in [-0.3, -0.25) is 18.7 Å². The van der Waals surface area contributed by atoms with Gasteiger partial charge in [-0.25, -0.2) is 14.5 Å². The van der Waals surface area contributed by atoms with Crippen molar-refractivity contribution >= 4 is 5.91 Å². The number of amides is 1. The van der Waals surface area contributed by atoms with Crippen molar-refractivity contribution < 1.29 is 4.79 Å². The zero-order valence-electron chi connectivity index (χ0n) is 18.0. The van der Waals surface area contributed by atoms with E-state index < -0.39 is 0 Å². The van der Waals surface area contributed by atoms with E-state index in [4.69, 9.17) is 0 Å². The number of piperidine rings is 1. The van der Waals surface area contributed by atoms with Crippen molar-refractivity contribution in [3.05, 3.63) is 44.2 Å². The lowest BCUT2D eigenvalue weighted by Gasteiger charge is -2.32. The van der Waals surface area contributed by atoms with Gasteiger partial charge < -0.3 is 4.90 Å². The molecule has 162 valence electrons. The molecule has 9 heteroatoms. The van der Waals surface area contributed by atoms with Crippen LogP contribution < -0.4 is 11.2 Å². The van der Waals surface area contributed by atoms with Crippen LogP contribution in [-0.2, 0) is 18.4 Å². The summed E-state index contributed by atoms with van der Waals surface area (Å²) in [6, 6.07) is 0.255. The lowest BCUT2D eigenvalue weighted by molar-refractivity contribution is -0.133. The molecule has 2 fully saturated rings. The van der Waals surface area contributed by atoms with Crippen LogP contribution in [0.1, 0.15) is 67.6 Å². The van der Waals surface area contributed by atoms with E-state index >= 15 is 0 Å². The normalized spacial score (nSPS) is 18.3. The highest BCUT2D eigenvalue weighted by atomic mass is 16.2. The van der Waals surface area contributed by atoms with Crippen LogP contribution in [0.15, 0.2) is 15.9 Å². The number of hydrogen-bond donors (Lipinski definition) is 0. The summed E-state index contributed by atoms with van der Waals surface area (Å²) in [4.78, 5) is 43.7. The third-order valence-corrected chi connectivity index (χ3v) is 6.71. The van der Waals surface area contributed by atoms with Crippen LogP contribution in [0.25, 0.3) is 0 Å². The standard InChI is InChI=1S/C21H30N6O3/c1-14-15(2)22-13-26(20(14)29)12-18(28)25-10-8-16(9-11-25)19-23-24(3)21(30)27(19)17-6-4-5-7-17/h13,16-17H,4-12H2,1-3H3. The molecule has 2 aromatic heterocycles. The van der Waals surface area contributed by atoms with Crippen LogP contribution >= 0.6 is 0 Å². The van der Waals surface area contributed by atoms with Crippen molar-refractivity contribution in [2.24, 2.45) is 7.05 Å². The SMILES string of the molecule is Cc1ncn(CC(=O)N2CCC(c3nn(C)c(=O)n3C3CCCC3)CC2)c(=O)c1C. The maximum Gasteiger partial charge on any atom is 0.345 e. The number of likely N-dealkylation sites (tertiary alicyclic amines) is 1. The maximum atomic E-state index is 12.8. The Morgan fingerprint density at radius 2 is 1.77 bits per heavy atom. The van der Waals surface area contributed by atoms with E-state index in [0.29, 0.717) is 24.3 Å². The second-order valence-electron chi connectivity index (χ2n) is 8.62. The topological polar surface area (TPSA) is 95.0 Å². The molecule has 0 atom stereocenters. The number of carbonyl (C=O) groups excluding carboxylic acids is 1. The summed E-state index contributed by atoms with van der Waals surface area (Å²) < 4.78 is 4.74. The first kappa shape index (κ1) is 20.6. The fraction of sp³-hybridized carbons (Fsp3) is 0.667. The summed E-state index contributed by atoms with van der Waals surface area (Å²) >= 11 is 0. The maximum absolute atomic E-state index is 12.8. The van der Waals surface area contributed by atoms with E-state index in [9.17, 15) is 14.4 Å². The molecule has 9 nitrogen and oxygen atoms in total. The molecule has 30 heavy (non-hydrogen) atoms. The quantitative estimate of drug-likeness (QED) is 0.751. The van der Waals surface area contributed by atoms with E-state index in [-0.39, 0.29) is 35.7 Å². The van der Waals surface area contributed by atoms with Gasteiger partial charge in [0.15, 0.2) is 0 Å². The third-order valence-electron chi connectivity index (χ3n) is 6.71. The van der Waals surface area contributed by atoms with Gasteiger partial charge >= 0.3 is 5.69 Å². The van der Waals surface area contributed by atoms with E-state index in [1.54, 1.807) is 25.8 Å². The van der Waals surface area contributed by atoms with Gasteiger partial charge in [0.25, 0.3) is 5.56 Å². The average molecular weight is 415 g/mol. The fourth-order valence-electron chi connectivity index (χ4n) is 4.70. The number of aryl methyl sites for hydroxylation is 2. The molecule has 0 unspecified atom stereocenters. The predicted molar refractivity (Wildman–Crippen MR) is 111 cm³/mol. The van der Waals surface area contributed by atoms with Crippen molar-refractivity contribution in [1.82, 2.24) is 28.8 Å². The van der Waals surface area contributed by atoms with Crippen molar-refractivity contribution in [2.75, 3.05) is 13.1 Å².